The average molecular weight is 437 g/mol. The number of hydrogen-bond donors (Lipinski definition) is 0. The zero-order valence-corrected chi connectivity index (χ0v) is 23.5. The van der Waals surface area contributed by atoms with Crippen LogP contribution in [0.25, 0.3) is 0 Å². The molecule has 0 aromatic rings. The SMILES string of the molecule is CCCCCC(C)CCC(CCCC(C)CC)CC(C)CC(C)CC(C)CCCCC. The van der Waals surface area contributed by atoms with E-state index in [1.165, 1.54) is 109 Å². The second-order valence-corrected chi connectivity index (χ2v) is 12.0. The Kier molecular flexibility index (Phi) is 20.6. The zero-order valence-electron chi connectivity index (χ0n) is 23.5. The normalized spacial score (nSPS) is 17.8. The Labute approximate surface area is 200 Å². The molecular weight excluding hydrogens is 372 g/mol. The molecular formula is C31H64. The Hall–Kier alpha value is 0. The molecule has 6 atom stereocenters. The van der Waals surface area contributed by atoms with Gasteiger partial charge in [-0.3, -0.25) is 0 Å². The maximum absolute atomic E-state index is 2.56. The first-order valence-electron chi connectivity index (χ1n) is 14.8. The molecule has 0 aromatic heterocycles. The van der Waals surface area contributed by atoms with Crippen LogP contribution in [0.5, 0.6) is 0 Å². The first-order valence-corrected chi connectivity index (χ1v) is 14.8. The summed E-state index contributed by atoms with van der Waals surface area (Å²) in [6.45, 7) is 19.5. The average Bonchev–Trinajstić information content (AvgIpc) is 2.71. The quantitative estimate of drug-likeness (QED) is 0.148. The molecule has 0 aliphatic carbocycles. The van der Waals surface area contributed by atoms with E-state index in [-0.39, 0.29) is 0 Å². The van der Waals surface area contributed by atoms with E-state index in [1.54, 1.807) is 0 Å². The molecule has 0 rings (SSSR count). The van der Waals surface area contributed by atoms with Crippen LogP contribution in [0.4, 0.5) is 0 Å². The first kappa shape index (κ1) is 31.0. The molecule has 0 radical (unpaired) electrons. The minimum absolute atomic E-state index is 0.903. The van der Waals surface area contributed by atoms with Crippen molar-refractivity contribution in [2.45, 2.75) is 165 Å². The summed E-state index contributed by atoms with van der Waals surface area (Å²) in [5.41, 5.74) is 0. The topological polar surface area (TPSA) is 0 Å². The fourth-order valence-electron chi connectivity index (χ4n) is 5.74. The number of hydrogen-bond acceptors (Lipinski definition) is 0. The highest BCUT2D eigenvalue weighted by Gasteiger charge is 2.18. The summed E-state index contributed by atoms with van der Waals surface area (Å²) >= 11 is 0. The number of unbranched alkanes of at least 4 members (excludes halogenated alkanes) is 4. The fourth-order valence-corrected chi connectivity index (χ4v) is 5.74. The van der Waals surface area contributed by atoms with Gasteiger partial charge in [0.05, 0.1) is 0 Å². The highest BCUT2D eigenvalue weighted by Crippen LogP contribution is 2.31. The standard InChI is InChI=1S/C31H64/c1-9-12-14-17-27(5)21-22-31(20-16-19-26(4)11-3)25-30(8)24-29(7)23-28(6)18-15-13-10-2/h26-31H,9-25H2,1-8H3. The Morgan fingerprint density at radius 2 is 0.903 bits per heavy atom. The van der Waals surface area contributed by atoms with E-state index in [2.05, 4.69) is 55.4 Å². The summed E-state index contributed by atoms with van der Waals surface area (Å²) in [6, 6.07) is 0. The van der Waals surface area contributed by atoms with Crippen molar-refractivity contribution in [1.29, 1.82) is 0 Å². The van der Waals surface area contributed by atoms with Crippen molar-refractivity contribution in [2.75, 3.05) is 0 Å². The van der Waals surface area contributed by atoms with Gasteiger partial charge in [0.15, 0.2) is 0 Å². The van der Waals surface area contributed by atoms with Gasteiger partial charge in [0.25, 0.3) is 0 Å². The molecule has 0 nitrogen and oxygen atoms in total. The molecule has 0 aromatic carbocycles. The van der Waals surface area contributed by atoms with Gasteiger partial charge in [-0.1, -0.05) is 145 Å². The minimum Gasteiger partial charge on any atom is -0.0654 e. The van der Waals surface area contributed by atoms with Crippen LogP contribution in [0, 0.1) is 35.5 Å². The van der Waals surface area contributed by atoms with Gasteiger partial charge in [0, 0.05) is 0 Å². The lowest BCUT2D eigenvalue weighted by atomic mass is 9.80. The summed E-state index contributed by atoms with van der Waals surface area (Å²) in [6.07, 6.45) is 24.4. The van der Waals surface area contributed by atoms with Crippen LogP contribution in [0.1, 0.15) is 165 Å². The Morgan fingerprint density at radius 3 is 1.48 bits per heavy atom. The Morgan fingerprint density at radius 1 is 0.387 bits per heavy atom. The smallest absolute Gasteiger partial charge is 0.0412 e. The van der Waals surface area contributed by atoms with Crippen molar-refractivity contribution in [2.24, 2.45) is 35.5 Å². The monoisotopic (exact) mass is 437 g/mol. The molecule has 0 N–H and O–H groups in total. The molecule has 188 valence electrons. The summed E-state index contributed by atoms with van der Waals surface area (Å²) in [7, 11) is 0. The first-order chi connectivity index (χ1) is 14.8. The number of rotatable bonds is 22. The Balaban J connectivity index is 4.45. The molecule has 0 saturated carbocycles. The van der Waals surface area contributed by atoms with Gasteiger partial charge in [-0.2, -0.15) is 0 Å². The molecule has 31 heavy (non-hydrogen) atoms. The third-order valence-electron chi connectivity index (χ3n) is 8.02. The maximum Gasteiger partial charge on any atom is -0.0412 e. The van der Waals surface area contributed by atoms with Crippen LogP contribution < -0.4 is 0 Å². The van der Waals surface area contributed by atoms with Crippen LogP contribution in [0.3, 0.4) is 0 Å². The molecule has 0 amide bonds. The third-order valence-corrected chi connectivity index (χ3v) is 8.02. The summed E-state index contributed by atoms with van der Waals surface area (Å²) in [5.74, 6) is 5.55. The van der Waals surface area contributed by atoms with Gasteiger partial charge < -0.3 is 0 Å². The second-order valence-electron chi connectivity index (χ2n) is 12.0. The van der Waals surface area contributed by atoms with E-state index >= 15 is 0 Å². The lowest BCUT2D eigenvalue weighted by molar-refractivity contribution is 0.262. The van der Waals surface area contributed by atoms with Gasteiger partial charge in [-0.05, 0) is 54.8 Å². The van der Waals surface area contributed by atoms with Crippen molar-refractivity contribution < 1.29 is 0 Å². The highest BCUT2D eigenvalue weighted by atomic mass is 14.2. The minimum atomic E-state index is 0.903. The predicted octanol–water partition coefficient (Wildman–Crippen LogP) is 11.5. The van der Waals surface area contributed by atoms with Crippen LogP contribution >= 0.6 is 0 Å². The molecule has 0 spiro atoms. The van der Waals surface area contributed by atoms with Crippen molar-refractivity contribution >= 4 is 0 Å². The largest absolute Gasteiger partial charge is 0.0654 e. The molecule has 0 heterocycles. The van der Waals surface area contributed by atoms with Crippen LogP contribution in [-0.4, -0.2) is 0 Å². The fraction of sp³-hybridized carbons (Fsp3) is 1.00. The summed E-state index contributed by atoms with van der Waals surface area (Å²) in [5, 5.41) is 0. The molecule has 0 heteroatoms. The van der Waals surface area contributed by atoms with Gasteiger partial charge in [0.2, 0.25) is 0 Å². The molecule has 0 aliphatic rings. The van der Waals surface area contributed by atoms with Crippen LogP contribution in [0.15, 0.2) is 0 Å². The second kappa shape index (κ2) is 20.6. The van der Waals surface area contributed by atoms with E-state index in [0.717, 1.165) is 35.5 Å². The van der Waals surface area contributed by atoms with E-state index in [4.69, 9.17) is 0 Å². The van der Waals surface area contributed by atoms with Gasteiger partial charge in [0.1, 0.15) is 0 Å². The highest BCUT2D eigenvalue weighted by molar-refractivity contribution is 4.70. The van der Waals surface area contributed by atoms with E-state index < -0.39 is 0 Å². The Bertz CT molecular complexity index is 359. The molecule has 6 unspecified atom stereocenters. The zero-order chi connectivity index (χ0) is 23.5. The van der Waals surface area contributed by atoms with E-state index in [1.807, 2.05) is 0 Å². The summed E-state index contributed by atoms with van der Waals surface area (Å²) in [4.78, 5) is 0. The van der Waals surface area contributed by atoms with E-state index in [9.17, 15) is 0 Å². The van der Waals surface area contributed by atoms with Gasteiger partial charge in [-0.15, -0.1) is 0 Å². The summed E-state index contributed by atoms with van der Waals surface area (Å²) < 4.78 is 0. The third kappa shape index (κ3) is 19.2. The van der Waals surface area contributed by atoms with Crippen molar-refractivity contribution in [3.63, 3.8) is 0 Å². The molecule has 0 bridgehead atoms. The van der Waals surface area contributed by atoms with Gasteiger partial charge in [-0.25, -0.2) is 0 Å². The molecule has 0 saturated heterocycles. The maximum atomic E-state index is 2.56. The lowest BCUT2D eigenvalue weighted by Gasteiger charge is -2.26. The van der Waals surface area contributed by atoms with Crippen LogP contribution in [-0.2, 0) is 0 Å². The molecule has 0 fully saturated rings. The van der Waals surface area contributed by atoms with Gasteiger partial charge >= 0.3 is 0 Å². The van der Waals surface area contributed by atoms with Crippen molar-refractivity contribution in [1.82, 2.24) is 0 Å². The predicted molar refractivity (Wildman–Crippen MR) is 145 cm³/mol. The lowest BCUT2D eigenvalue weighted by Crippen LogP contribution is -2.13. The van der Waals surface area contributed by atoms with Crippen molar-refractivity contribution in [3.05, 3.63) is 0 Å². The van der Waals surface area contributed by atoms with Crippen LogP contribution in [0.2, 0.25) is 0 Å². The molecule has 0 aliphatic heterocycles. The van der Waals surface area contributed by atoms with E-state index in [0.29, 0.717) is 0 Å². The van der Waals surface area contributed by atoms with Crippen molar-refractivity contribution in [3.8, 4) is 0 Å².